The summed E-state index contributed by atoms with van der Waals surface area (Å²) < 4.78 is 16.7. The number of benzene rings is 1. The van der Waals surface area contributed by atoms with Crippen molar-refractivity contribution in [3.05, 3.63) is 34.7 Å². The van der Waals surface area contributed by atoms with E-state index in [1.165, 1.54) is 21.0 Å². The number of hydrogen-bond donors (Lipinski definition) is 3. The first kappa shape index (κ1) is 21.3. The highest BCUT2D eigenvalue weighted by molar-refractivity contribution is 5.74. The van der Waals surface area contributed by atoms with Crippen LogP contribution in [0, 0.1) is 0 Å². The molecule has 1 aliphatic heterocycles. The lowest BCUT2D eigenvalue weighted by Gasteiger charge is -2.44. The van der Waals surface area contributed by atoms with Gasteiger partial charge in [-0.3, -0.25) is 9.59 Å². The monoisotopic (exact) mass is 393 g/mol. The maximum absolute atomic E-state index is 11.6. The fourth-order valence-electron chi connectivity index (χ4n) is 2.91. The van der Waals surface area contributed by atoms with Gasteiger partial charge in [0.15, 0.2) is 0 Å². The summed E-state index contributed by atoms with van der Waals surface area (Å²) in [4.78, 5) is 25.8. The Kier molecular flexibility index (Phi) is 7.44. The van der Waals surface area contributed by atoms with Crippen LogP contribution in [-0.2, 0) is 14.3 Å². The fraction of sp³-hybridized carbons (Fsp3) is 0.529. The van der Waals surface area contributed by atoms with E-state index >= 15 is 0 Å². The van der Waals surface area contributed by atoms with Crippen LogP contribution in [-0.4, -0.2) is 61.2 Å². The van der Waals surface area contributed by atoms with Crippen molar-refractivity contribution in [1.29, 1.82) is 0 Å². The Bertz CT molecular complexity index is 736. The van der Waals surface area contributed by atoms with Gasteiger partial charge in [-0.05, 0) is 29.8 Å². The van der Waals surface area contributed by atoms with E-state index in [-0.39, 0.29) is 6.54 Å². The van der Waals surface area contributed by atoms with Gasteiger partial charge in [-0.15, -0.1) is 0 Å². The molecule has 2 amide bonds. The Labute approximate surface area is 161 Å². The van der Waals surface area contributed by atoms with Crippen molar-refractivity contribution in [2.75, 3.05) is 13.7 Å². The molecule has 11 nitrogen and oxygen atoms in total. The van der Waals surface area contributed by atoms with E-state index < -0.39 is 42.4 Å². The third kappa shape index (κ3) is 5.49. The number of carbonyl (C=O) groups excluding carboxylic acids is 2. The van der Waals surface area contributed by atoms with E-state index in [1.807, 2.05) is 0 Å². The normalized spacial score (nSPS) is 26.5. The van der Waals surface area contributed by atoms with Crippen LogP contribution >= 0.6 is 0 Å². The van der Waals surface area contributed by atoms with Crippen molar-refractivity contribution in [2.45, 2.75) is 44.4 Å². The van der Waals surface area contributed by atoms with Gasteiger partial charge in [-0.25, -0.2) is 0 Å². The summed E-state index contributed by atoms with van der Waals surface area (Å²) in [6.45, 7) is 2.43. The maximum Gasteiger partial charge on any atom is 0.223 e. The number of azide groups is 1. The van der Waals surface area contributed by atoms with Crippen LogP contribution in [0.4, 0.5) is 0 Å². The number of hydrogen-bond acceptors (Lipinski definition) is 7. The summed E-state index contributed by atoms with van der Waals surface area (Å²) >= 11 is 0. The van der Waals surface area contributed by atoms with Crippen LogP contribution in [0.5, 0.6) is 11.5 Å². The number of methoxy groups -OCH3 is 1. The molecule has 1 aliphatic rings. The molecule has 28 heavy (non-hydrogen) atoms. The summed E-state index contributed by atoms with van der Waals surface area (Å²) in [6.07, 6.45) is -3.19. The molecule has 0 aliphatic carbocycles. The summed E-state index contributed by atoms with van der Waals surface area (Å²) in [5.74, 6) is 0.219. The van der Waals surface area contributed by atoms with Gasteiger partial charge in [0.25, 0.3) is 0 Å². The van der Waals surface area contributed by atoms with Gasteiger partial charge in [-0.2, -0.15) is 0 Å². The first-order valence-electron chi connectivity index (χ1n) is 8.55. The third-order valence-electron chi connectivity index (χ3n) is 4.11. The van der Waals surface area contributed by atoms with Crippen LogP contribution in [0.3, 0.4) is 0 Å². The summed E-state index contributed by atoms with van der Waals surface area (Å²) in [5.41, 5.74) is 8.61. The Morgan fingerprint density at radius 2 is 1.75 bits per heavy atom. The van der Waals surface area contributed by atoms with Gasteiger partial charge in [0, 0.05) is 18.8 Å². The zero-order valence-electron chi connectivity index (χ0n) is 15.7. The van der Waals surface area contributed by atoms with Crippen molar-refractivity contribution < 1.29 is 28.9 Å². The van der Waals surface area contributed by atoms with Gasteiger partial charge in [0.2, 0.25) is 18.1 Å². The predicted octanol–water partition coefficient (Wildman–Crippen LogP) is 0.479. The van der Waals surface area contributed by atoms with Crippen molar-refractivity contribution in [1.82, 2.24) is 10.6 Å². The highest BCUT2D eigenvalue weighted by Gasteiger charge is 2.47. The second-order valence-electron chi connectivity index (χ2n) is 6.19. The van der Waals surface area contributed by atoms with Crippen molar-refractivity contribution >= 4 is 11.8 Å². The molecule has 1 fully saturated rings. The summed E-state index contributed by atoms with van der Waals surface area (Å²) in [7, 11) is 1.53. The highest BCUT2D eigenvalue weighted by Crippen LogP contribution is 2.26. The van der Waals surface area contributed by atoms with Crippen LogP contribution in [0.1, 0.15) is 13.8 Å². The van der Waals surface area contributed by atoms with Crippen LogP contribution in [0.25, 0.3) is 10.4 Å². The second-order valence-corrected chi connectivity index (χ2v) is 6.19. The minimum atomic E-state index is -1.25. The molecular formula is C17H23N5O6. The van der Waals surface area contributed by atoms with E-state index in [2.05, 4.69) is 20.7 Å². The smallest absolute Gasteiger partial charge is 0.223 e. The van der Waals surface area contributed by atoms with E-state index in [0.29, 0.717) is 11.5 Å². The molecule has 3 N–H and O–H groups in total. The zero-order valence-corrected chi connectivity index (χ0v) is 15.7. The first-order chi connectivity index (χ1) is 13.3. The molecule has 1 aromatic rings. The van der Waals surface area contributed by atoms with Crippen LogP contribution in [0.15, 0.2) is 29.4 Å². The van der Waals surface area contributed by atoms with Gasteiger partial charge in [0.1, 0.15) is 23.6 Å². The highest BCUT2D eigenvalue weighted by atomic mass is 16.7. The van der Waals surface area contributed by atoms with Crippen LogP contribution < -0.4 is 20.1 Å². The lowest BCUT2D eigenvalue weighted by Crippen LogP contribution is -2.69. The molecule has 11 heteroatoms. The Morgan fingerprint density at radius 3 is 2.29 bits per heavy atom. The number of rotatable bonds is 7. The minimum Gasteiger partial charge on any atom is -0.497 e. The van der Waals surface area contributed by atoms with Gasteiger partial charge in [-0.1, -0.05) is 5.11 Å². The fourth-order valence-corrected chi connectivity index (χ4v) is 2.91. The number of aliphatic hydroxyl groups excluding tert-OH is 1. The lowest BCUT2D eigenvalue weighted by atomic mass is 9.93. The molecule has 5 atom stereocenters. The van der Waals surface area contributed by atoms with Gasteiger partial charge in [0.05, 0.1) is 25.8 Å². The Hall–Kier alpha value is -3.01. The Balaban J connectivity index is 2.29. The minimum absolute atomic E-state index is 0.145. The molecule has 0 radical (unpaired) electrons. The number of carbonyl (C=O) groups is 2. The van der Waals surface area contributed by atoms with Crippen molar-refractivity contribution in [3.8, 4) is 11.5 Å². The Morgan fingerprint density at radius 1 is 1.18 bits per heavy atom. The van der Waals surface area contributed by atoms with Crippen molar-refractivity contribution in [2.24, 2.45) is 5.11 Å². The number of amides is 2. The van der Waals surface area contributed by atoms with Gasteiger partial charge >= 0.3 is 0 Å². The largest absolute Gasteiger partial charge is 0.497 e. The van der Waals surface area contributed by atoms with E-state index in [9.17, 15) is 14.7 Å². The quantitative estimate of drug-likeness (QED) is 0.348. The van der Waals surface area contributed by atoms with E-state index in [4.69, 9.17) is 19.7 Å². The van der Waals surface area contributed by atoms with E-state index in [0.717, 1.165) is 0 Å². The molecule has 1 saturated heterocycles. The molecule has 2 unspecified atom stereocenters. The summed E-state index contributed by atoms with van der Waals surface area (Å²) in [5, 5.41) is 19.4. The third-order valence-corrected chi connectivity index (χ3v) is 4.11. The molecule has 2 rings (SSSR count). The molecule has 0 aromatic heterocycles. The SMILES string of the molecule is COc1ccc(O[C@@H]2OC(CN=[N+]=[N-])[C@@H](NC(C)=O)C(O)[C@H]2NC(C)=O)cc1. The maximum atomic E-state index is 11.6. The number of aliphatic hydroxyl groups is 1. The van der Waals surface area contributed by atoms with Crippen LogP contribution in [0.2, 0.25) is 0 Å². The van der Waals surface area contributed by atoms with Gasteiger partial charge < -0.3 is 30.0 Å². The molecule has 1 heterocycles. The number of nitrogens with one attached hydrogen (secondary N) is 2. The molecular weight excluding hydrogens is 370 g/mol. The number of nitrogens with zero attached hydrogens (tertiary/aromatic N) is 3. The number of ether oxygens (including phenoxy) is 3. The molecule has 0 spiro atoms. The molecule has 152 valence electrons. The average molecular weight is 393 g/mol. The topological polar surface area (TPSA) is 155 Å². The predicted molar refractivity (Wildman–Crippen MR) is 97.5 cm³/mol. The summed E-state index contributed by atoms with van der Waals surface area (Å²) in [6, 6.07) is 4.76. The second kappa shape index (κ2) is 9.79. The van der Waals surface area contributed by atoms with Crippen molar-refractivity contribution in [3.63, 3.8) is 0 Å². The lowest BCUT2D eigenvalue weighted by molar-refractivity contribution is -0.205. The van der Waals surface area contributed by atoms with E-state index in [1.54, 1.807) is 24.3 Å². The standard InChI is InChI=1S/C17H23N5O6/c1-9(23)20-14-13(8-19-22-18)28-17(15(16(14)25)21-10(2)24)27-12-6-4-11(26-3)5-7-12/h4-7,13-17,25H,8H2,1-3H3,(H,20,23)(H,21,24)/t13?,14-,15-,16?,17-/m1/s1. The molecule has 1 aromatic carbocycles. The molecule has 0 bridgehead atoms. The first-order valence-corrected chi connectivity index (χ1v) is 8.55. The zero-order chi connectivity index (χ0) is 20.7. The molecule has 0 saturated carbocycles. The average Bonchev–Trinajstić information content (AvgIpc) is 2.65.